The van der Waals surface area contributed by atoms with Crippen molar-refractivity contribution in [3.8, 4) is 5.88 Å². The maximum Gasteiger partial charge on any atom is 0.272 e. The van der Waals surface area contributed by atoms with Gasteiger partial charge in [0.2, 0.25) is 5.88 Å². The predicted molar refractivity (Wildman–Crippen MR) is 83.2 cm³/mol. The van der Waals surface area contributed by atoms with Crippen LogP contribution in [0.15, 0.2) is 18.3 Å². The molecule has 0 radical (unpaired) electrons. The average Bonchev–Trinajstić information content (AvgIpc) is 2.59. The molecule has 1 amide bonds. The fraction of sp³-hybridized carbons (Fsp3) is 0.647. The lowest BCUT2D eigenvalue weighted by atomic mass is 9.71. The number of rotatable bonds is 4. The topological polar surface area (TPSA) is 62.7 Å². The zero-order valence-electron chi connectivity index (χ0n) is 13.5. The van der Waals surface area contributed by atoms with E-state index in [0.717, 1.165) is 25.7 Å². The summed E-state index contributed by atoms with van der Waals surface area (Å²) in [7, 11) is 0. The largest absolute Gasteiger partial charge is 0.472 e. The molecule has 1 N–H and O–H groups in total. The Hall–Kier alpha value is -1.76. The molecule has 1 aliphatic carbocycles. The molecular weight excluding hydrogens is 318 g/mol. The highest BCUT2D eigenvalue weighted by Crippen LogP contribution is 2.40. The minimum absolute atomic E-state index is 0.0207. The Bertz CT molecular complexity index is 599. The molecule has 5 nitrogen and oxygen atoms in total. The quantitative estimate of drug-likeness (QED) is 0.915. The molecule has 3 rings (SSSR count). The Morgan fingerprint density at radius 3 is 3.08 bits per heavy atom. The molecule has 2 atom stereocenters. The Morgan fingerprint density at radius 1 is 1.46 bits per heavy atom. The highest BCUT2D eigenvalue weighted by atomic mass is 19.3. The Morgan fingerprint density at radius 2 is 2.29 bits per heavy atom. The molecule has 0 aromatic carbocycles. The normalized spacial score (nSPS) is 27.0. The molecule has 7 heteroatoms. The average molecular weight is 340 g/mol. The lowest BCUT2D eigenvalue weighted by Gasteiger charge is -2.47. The number of pyridine rings is 1. The van der Waals surface area contributed by atoms with E-state index >= 15 is 0 Å². The molecule has 1 saturated carbocycles. The summed E-state index contributed by atoms with van der Waals surface area (Å²) < 4.78 is 29.3. The summed E-state index contributed by atoms with van der Waals surface area (Å²) in [5, 5.41) is 10.7. The number of piperidine rings is 1. The van der Waals surface area contributed by atoms with Crippen LogP contribution < -0.4 is 4.74 Å². The number of ether oxygens (including phenoxy) is 1. The van der Waals surface area contributed by atoms with Gasteiger partial charge in [0.15, 0.2) is 6.61 Å². The van der Waals surface area contributed by atoms with E-state index in [1.54, 1.807) is 11.0 Å². The standard InChI is InChI=1S/C17H22F2N2O3/c18-14(19)11-24-15-9-12(4-7-20-15)16(22)21-8-6-17(23)5-2-1-3-13(17)10-21/h4,7,9,13-14,23H,1-3,5-6,8,10-11H2. The van der Waals surface area contributed by atoms with Crippen molar-refractivity contribution in [3.05, 3.63) is 23.9 Å². The van der Waals surface area contributed by atoms with Crippen LogP contribution in [-0.4, -0.2) is 52.6 Å². The van der Waals surface area contributed by atoms with Crippen LogP contribution in [0.25, 0.3) is 0 Å². The SMILES string of the molecule is O=C(c1ccnc(OCC(F)F)c1)N1CCC2(O)CCCCC2C1. The maximum absolute atomic E-state index is 12.7. The second-order valence-electron chi connectivity index (χ2n) is 6.63. The molecule has 0 spiro atoms. The number of carbonyl (C=O) groups excluding carboxylic acids is 1. The van der Waals surface area contributed by atoms with E-state index in [9.17, 15) is 18.7 Å². The monoisotopic (exact) mass is 340 g/mol. The second kappa shape index (κ2) is 7.01. The molecule has 1 aromatic rings. The lowest BCUT2D eigenvalue weighted by molar-refractivity contribution is -0.0886. The van der Waals surface area contributed by atoms with Crippen LogP contribution in [0, 0.1) is 5.92 Å². The van der Waals surface area contributed by atoms with Crippen LogP contribution in [0.4, 0.5) is 8.78 Å². The third-order valence-corrected chi connectivity index (χ3v) is 5.05. The molecular formula is C17H22F2N2O3. The minimum Gasteiger partial charge on any atom is -0.472 e. The van der Waals surface area contributed by atoms with E-state index in [1.165, 1.54) is 12.3 Å². The summed E-state index contributed by atoms with van der Waals surface area (Å²) in [6.07, 6.45) is 3.24. The van der Waals surface area contributed by atoms with Crippen molar-refractivity contribution in [1.29, 1.82) is 0 Å². The second-order valence-corrected chi connectivity index (χ2v) is 6.63. The Labute approximate surface area is 139 Å². The van der Waals surface area contributed by atoms with Gasteiger partial charge in [-0.2, -0.15) is 0 Å². The number of halogens is 2. The van der Waals surface area contributed by atoms with Gasteiger partial charge >= 0.3 is 0 Å². The van der Waals surface area contributed by atoms with Gasteiger partial charge in [-0.15, -0.1) is 0 Å². The zero-order chi connectivity index (χ0) is 17.2. The molecule has 1 aliphatic heterocycles. The summed E-state index contributed by atoms with van der Waals surface area (Å²) in [6.45, 7) is 0.287. The third-order valence-electron chi connectivity index (χ3n) is 5.05. The van der Waals surface area contributed by atoms with Crippen molar-refractivity contribution in [1.82, 2.24) is 9.88 Å². The van der Waals surface area contributed by atoms with E-state index in [1.807, 2.05) is 0 Å². The van der Waals surface area contributed by atoms with Crippen LogP contribution >= 0.6 is 0 Å². The smallest absolute Gasteiger partial charge is 0.272 e. The van der Waals surface area contributed by atoms with Crippen molar-refractivity contribution >= 4 is 5.91 Å². The van der Waals surface area contributed by atoms with E-state index in [-0.39, 0.29) is 17.7 Å². The van der Waals surface area contributed by atoms with E-state index in [2.05, 4.69) is 4.98 Å². The van der Waals surface area contributed by atoms with Crippen LogP contribution in [-0.2, 0) is 0 Å². The van der Waals surface area contributed by atoms with Crippen LogP contribution in [0.5, 0.6) is 5.88 Å². The van der Waals surface area contributed by atoms with Gasteiger partial charge in [0.05, 0.1) is 5.60 Å². The number of hydrogen-bond acceptors (Lipinski definition) is 4. The fourth-order valence-corrected chi connectivity index (χ4v) is 3.71. The number of amides is 1. The molecule has 2 fully saturated rings. The third kappa shape index (κ3) is 3.66. The highest BCUT2D eigenvalue weighted by Gasteiger charge is 2.43. The fourth-order valence-electron chi connectivity index (χ4n) is 3.71. The van der Waals surface area contributed by atoms with Crippen molar-refractivity contribution in [2.75, 3.05) is 19.7 Å². The van der Waals surface area contributed by atoms with Gasteiger partial charge in [0.25, 0.3) is 12.3 Å². The van der Waals surface area contributed by atoms with Gasteiger partial charge in [0.1, 0.15) is 0 Å². The molecule has 132 valence electrons. The number of hydrogen-bond donors (Lipinski definition) is 1. The van der Waals surface area contributed by atoms with Gasteiger partial charge in [-0.05, 0) is 25.3 Å². The molecule has 2 unspecified atom stereocenters. The molecule has 24 heavy (non-hydrogen) atoms. The van der Waals surface area contributed by atoms with Crippen LogP contribution in [0.1, 0.15) is 42.5 Å². The first-order valence-corrected chi connectivity index (χ1v) is 8.36. The van der Waals surface area contributed by atoms with Crippen molar-refractivity contribution in [2.24, 2.45) is 5.92 Å². The van der Waals surface area contributed by atoms with Gasteiger partial charge in [-0.3, -0.25) is 4.79 Å². The van der Waals surface area contributed by atoms with E-state index in [0.29, 0.717) is 25.1 Å². The summed E-state index contributed by atoms with van der Waals surface area (Å²) in [6, 6.07) is 2.95. The summed E-state index contributed by atoms with van der Waals surface area (Å²) in [5.41, 5.74) is -0.269. The molecule has 1 saturated heterocycles. The Balaban J connectivity index is 1.67. The van der Waals surface area contributed by atoms with Gasteiger partial charge in [0, 0.05) is 36.8 Å². The first kappa shape index (κ1) is 17.1. The van der Waals surface area contributed by atoms with E-state index in [4.69, 9.17) is 4.74 Å². The van der Waals surface area contributed by atoms with Crippen molar-refractivity contribution in [3.63, 3.8) is 0 Å². The number of nitrogens with zero attached hydrogens (tertiary/aromatic N) is 2. The molecule has 0 bridgehead atoms. The van der Waals surface area contributed by atoms with Gasteiger partial charge in [-0.25, -0.2) is 13.8 Å². The highest BCUT2D eigenvalue weighted by molar-refractivity contribution is 5.94. The summed E-state index contributed by atoms with van der Waals surface area (Å²) >= 11 is 0. The Kier molecular flexibility index (Phi) is 4.99. The molecule has 2 heterocycles. The van der Waals surface area contributed by atoms with Crippen LogP contribution in [0.2, 0.25) is 0 Å². The first-order valence-electron chi connectivity index (χ1n) is 8.36. The zero-order valence-corrected chi connectivity index (χ0v) is 13.5. The first-order chi connectivity index (χ1) is 11.5. The minimum atomic E-state index is -2.59. The molecule has 2 aliphatic rings. The number of aromatic nitrogens is 1. The van der Waals surface area contributed by atoms with Crippen molar-refractivity contribution in [2.45, 2.75) is 44.1 Å². The van der Waals surface area contributed by atoms with Gasteiger partial charge in [-0.1, -0.05) is 12.8 Å². The number of fused-ring (bicyclic) bond motifs is 1. The molecule has 1 aromatic heterocycles. The predicted octanol–water partition coefficient (Wildman–Crippen LogP) is 2.49. The lowest BCUT2D eigenvalue weighted by Crippen LogP contribution is -2.54. The van der Waals surface area contributed by atoms with Crippen LogP contribution in [0.3, 0.4) is 0 Å². The number of alkyl halides is 2. The van der Waals surface area contributed by atoms with Crippen molar-refractivity contribution < 1.29 is 23.4 Å². The number of aliphatic hydroxyl groups is 1. The summed E-state index contributed by atoms with van der Waals surface area (Å²) in [4.78, 5) is 18.3. The maximum atomic E-state index is 12.7. The summed E-state index contributed by atoms with van der Waals surface area (Å²) in [5.74, 6) is -0.0420. The number of likely N-dealkylation sites (tertiary alicyclic amines) is 1. The number of carbonyl (C=O) groups is 1. The van der Waals surface area contributed by atoms with Gasteiger partial charge < -0.3 is 14.7 Å². The van der Waals surface area contributed by atoms with E-state index < -0.39 is 18.6 Å².